The molecule has 0 unspecified atom stereocenters. The van der Waals surface area contributed by atoms with E-state index in [2.05, 4.69) is 16.2 Å². The van der Waals surface area contributed by atoms with Gasteiger partial charge in [0.25, 0.3) is 5.91 Å². The second-order valence-electron chi connectivity index (χ2n) is 6.97. The maximum absolute atomic E-state index is 12.6. The molecule has 0 fully saturated rings. The van der Waals surface area contributed by atoms with Crippen LogP contribution in [-0.4, -0.2) is 30.2 Å². The highest BCUT2D eigenvalue weighted by Crippen LogP contribution is 2.40. The van der Waals surface area contributed by atoms with Gasteiger partial charge in [-0.1, -0.05) is 59.6 Å². The van der Waals surface area contributed by atoms with Crippen molar-refractivity contribution in [3.63, 3.8) is 0 Å². The summed E-state index contributed by atoms with van der Waals surface area (Å²) in [4.78, 5) is 25.9. The van der Waals surface area contributed by atoms with Crippen molar-refractivity contribution in [2.45, 2.75) is 20.0 Å². The summed E-state index contributed by atoms with van der Waals surface area (Å²) < 4.78 is 10.6. The molecule has 11 heteroatoms. The van der Waals surface area contributed by atoms with Gasteiger partial charge < -0.3 is 14.8 Å². The third-order valence-electron chi connectivity index (χ3n) is 4.65. The van der Waals surface area contributed by atoms with Gasteiger partial charge in [0, 0.05) is 10.4 Å². The lowest BCUT2D eigenvalue weighted by Gasteiger charge is -2.17. The van der Waals surface area contributed by atoms with Crippen LogP contribution in [0.3, 0.4) is 0 Å². The number of halogens is 2. The number of benzene rings is 2. The Morgan fingerprint density at radius 3 is 2.29 bits per heavy atom. The first-order chi connectivity index (χ1) is 16.2. The number of hydrogen-bond acceptors (Lipinski definition) is 6. The fraction of sp³-hybridized carbons (Fsp3) is 0.174. The smallest absolute Gasteiger partial charge is 0.341 e. The Bertz CT molecular complexity index is 1200. The largest absolute Gasteiger partial charge is 0.478 e. The van der Waals surface area contributed by atoms with Crippen molar-refractivity contribution in [2.24, 2.45) is 0 Å². The standard InChI is InChI=1S/C23H21Cl2N3O4S2/c1-12(32-19-15(24)10-7-11-16(19)25)20(29)27-28-23(33)26-21-18(22(30)31-3)17(13(2)34-21)14-8-5-4-6-9-14/h4-12H,1-3H3,(H,27,29)(H2,26,28,33)/t12-/m0/s1. The first-order valence-electron chi connectivity index (χ1n) is 9.97. The average Bonchev–Trinajstić information content (AvgIpc) is 3.15. The number of para-hydroxylation sites is 1. The number of amides is 1. The lowest BCUT2D eigenvalue weighted by Crippen LogP contribution is -2.48. The zero-order chi connectivity index (χ0) is 24.8. The van der Waals surface area contributed by atoms with Crippen LogP contribution >= 0.6 is 46.8 Å². The molecule has 0 spiro atoms. The Kier molecular flexibility index (Phi) is 8.73. The minimum atomic E-state index is -0.924. The van der Waals surface area contributed by atoms with E-state index in [0.29, 0.717) is 10.6 Å². The van der Waals surface area contributed by atoms with Crippen LogP contribution < -0.4 is 20.9 Å². The Hall–Kier alpha value is -2.85. The fourth-order valence-corrected chi connectivity index (χ4v) is 4.83. The van der Waals surface area contributed by atoms with Crippen LogP contribution in [0.1, 0.15) is 22.2 Å². The third-order valence-corrected chi connectivity index (χ3v) is 6.47. The van der Waals surface area contributed by atoms with Gasteiger partial charge in [0.2, 0.25) is 0 Å². The number of hydrazine groups is 1. The second-order valence-corrected chi connectivity index (χ2v) is 9.42. The van der Waals surface area contributed by atoms with Crippen LogP contribution in [0.2, 0.25) is 10.0 Å². The predicted octanol–water partition coefficient (Wildman–Crippen LogP) is 5.60. The molecule has 2 aromatic carbocycles. The number of thiocarbonyl (C=S) groups is 1. The van der Waals surface area contributed by atoms with Gasteiger partial charge >= 0.3 is 5.97 Å². The molecule has 1 atom stereocenters. The minimum absolute atomic E-state index is 0.0716. The van der Waals surface area contributed by atoms with E-state index in [0.717, 1.165) is 16.0 Å². The van der Waals surface area contributed by atoms with E-state index in [1.54, 1.807) is 18.2 Å². The first kappa shape index (κ1) is 25.8. The van der Waals surface area contributed by atoms with Gasteiger partial charge in [0.15, 0.2) is 17.0 Å². The zero-order valence-corrected chi connectivity index (χ0v) is 21.5. The first-order valence-corrected chi connectivity index (χ1v) is 12.0. The van der Waals surface area contributed by atoms with Gasteiger partial charge in [-0.05, 0) is 43.8 Å². The topological polar surface area (TPSA) is 88.7 Å². The molecule has 3 rings (SSSR count). The number of carbonyl (C=O) groups excluding carboxylic acids is 2. The molecule has 0 radical (unpaired) electrons. The van der Waals surface area contributed by atoms with Crippen molar-refractivity contribution in [1.29, 1.82) is 0 Å². The molecule has 0 aliphatic heterocycles. The highest BCUT2D eigenvalue weighted by Gasteiger charge is 2.25. The van der Waals surface area contributed by atoms with Crippen molar-refractivity contribution >= 4 is 68.7 Å². The van der Waals surface area contributed by atoms with E-state index in [9.17, 15) is 9.59 Å². The van der Waals surface area contributed by atoms with Crippen LogP contribution in [0.5, 0.6) is 5.75 Å². The number of anilines is 1. The van der Waals surface area contributed by atoms with Crippen molar-refractivity contribution < 1.29 is 19.1 Å². The number of aryl methyl sites for hydroxylation is 1. The Balaban J connectivity index is 1.69. The minimum Gasteiger partial charge on any atom is -0.478 e. The summed E-state index contributed by atoms with van der Waals surface area (Å²) in [6.07, 6.45) is -0.924. The van der Waals surface area contributed by atoms with Crippen LogP contribution in [0.4, 0.5) is 5.00 Å². The molecule has 0 bridgehead atoms. The SMILES string of the molecule is COC(=O)c1c(NC(=S)NNC(=O)[C@H](C)Oc2c(Cl)cccc2Cl)sc(C)c1-c1ccccc1. The van der Waals surface area contributed by atoms with E-state index in [4.69, 9.17) is 44.9 Å². The van der Waals surface area contributed by atoms with Crippen molar-refractivity contribution in [3.05, 3.63) is 69.0 Å². The molecule has 3 aromatic rings. The average molecular weight is 538 g/mol. The molecule has 34 heavy (non-hydrogen) atoms. The molecule has 0 aliphatic rings. The van der Waals surface area contributed by atoms with E-state index in [-0.39, 0.29) is 20.9 Å². The molecule has 1 heterocycles. The number of carbonyl (C=O) groups is 2. The molecule has 1 amide bonds. The van der Waals surface area contributed by atoms with Gasteiger partial charge in [-0.2, -0.15) is 0 Å². The van der Waals surface area contributed by atoms with Gasteiger partial charge in [-0.25, -0.2) is 4.79 Å². The molecular weight excluding hydrogens is 517 g/mol. The molecule has 1 aromatic heterocycles. The van der Waals surface area contributed by atoms with Crippen LogP contribution in [0.15, 0.2) is 48.5 Å². The monoisotopic (exact) mass is 537 g/mol. The van der Waals surface area contributed by atoms with Crippen molar-refractivity contribution in [2.75, 3.05) is 12.4 Å². The highest BCUT2D eigenvalue weighted by atomic mass is 35.5. The lowest BCUT2D eigenvalue weighted by atomic mass is 10.0. The van der Waals surface area contributed by atoms with E-state index in [1.807, 2.05) is 37.3 Å². The molecule has 3 N–H and O–H groups in total. The Morgan fingerprint density at radius 1 is 1.03 bits per heavy atom. The number of ether oxygens (including phenoxy) is 2. The summed E-state index contributed by atoms with van der Waals surface area (Å²) in [7, 11) is 1.32. The number of hydrogen-bond donors (Lipinski definition) is 3. The summed E-state index contributed by atoms with van der Waals surface area (Å²) >= 11 is 18.8. The molecule has 0 aliphatic carbocycles. The Labute approximate surface area is 216 Å². The van der Waals surface area contributed by atoms with E-state index >= 15 is 0 Å². The molecule has 7 nitrogen and oxygen atoms in total. The zero-order valence-electron chi connectivity index (χ0n) is 18.4. The fourth-order valence-electron chi connectivity index (χ4n) is 3.06. The maximum Gasteiger partial charge on any atom is 0.341 e. The summed E-state index contributed by atoms with van der Waals surface area (Å²) in [5, 5.41) is 4.09. The van der Waals surface area contributed by atoms with E-state index < -0.39 is 18.0 Å². The summed E-state index contributed by atoms with van der Waals surface area (Å²) in [6, 6.07) is 14.4. The van der Waals surface area contributed by atoms with E-state index in [1.165, 1.54) is 25.4 Å². The molecular formula is C23H21Cl2N3O4S2. The van der Waals surface area contributed by atoms with Gasteiger partial charge in [-0.15, -0.1) is 11.3 Å². The van der Waals surface area contributed by atoms with Crippen LogP contribution in [-0.2, 0) is 9.53 Å². The molecule has 0 saturated carbocycles. The quantitative estimate of drug-likeness (QED) is 0.214. The number of rotatable bonds is 6. The third kappa shape index (κ3) is 5.98. The van der Waals surface area contributed by atoms with Crippen molar-refractivity contribution in [1.82, 2.24) is 10.9 Å². The lowest BCUT2D eigenvalue weighted by molar-refractivity contribution is -0.127. The van der Waals surface area contributed by atoms with Crippen LogP contribution in [0.25, 0.3) is 11.1 Å². The number of thiophene rings is 1. The van der Waals surface area contributed by atoms with Crippen LogP contribution in [0, 0.1) is 6.92 Å². The summed E-state index contributed by atoms with van der Waals surface area (Å²) in [6.45, 7) is 3.44. The summed E-state index contributed by atoms with van der Waals surface area (Å²) in [5.41, 5.74) is 7.06. The maximum atomic E-state index is 12.6. The number of esters is 1. The summed E-state index contributed by atoms with van der Waals surface area (Å²) in [5.74, 6) is -0.809. The molecule has 0 saturated heterocycles. The second kappa shape index (κ2) is 11.5. The van der Waals surface area contributed by atoms with Crippen molar-refractivity contribution in [3.8, 4) is 16.9 Å². The normalized spacial score (nSPS) is 11.3. The Morgan fingerprint density at radius 2 is 1.68 bits per heavy atom. The highest BCUT2D eigenvalue weighted by molar-refractivity contribution is 7.80. The number of nitrogens with one attached hydrogen (secondary N) is 3. The van der Waals surface area contributed by atoms with Gasteiger partial charge in [0.05, 0.1) is 17.2 Å². The predicted molar refractivity (Wildman–Crippen MR) is 140 cm³/mol. The molecule has 178 valence electrons. The number of methoxy groups -OCH3 is 1. The van der Waals surface area contributed by atoms with Gasteiger partial charge in [-0.3, -0.25) is 15.6 Å². The van der Waals surface area contributed by atoms with Gasteiger partial charge in [0.1, 0.15) is 10.6 Å².